The Hall–Kier alpha value is -3.12. The number of carbonyl (C=O) groups excluding carboxylic acids is 2. The van der Waals surface area contributed by atoms with Crippen molar-refractivity contribution in [2.45, 2.75) is 26.3 Å². The summed E-state index contributed by atoms with van der Waals surface area (Å²) >= 11 is 5.89. The molecule has 0 saturated heterocycles. The summed E-state index contributed by atoms with van der Waals surface area (Å²) in [5, 5.41) is 10.5. The van der Waals surface area contributed by atoms with Crippen LogP contribution in [0.1, 0.15) is 29.8 Å². The summed E-state index contributed by atoms with van der Waals surface area (Å²) in [5.41, 5.74) is 2.78. The highest BCUT2D eigenvalue weighted by Crippen LogP contribution is 2.15. The van der Waals surface area contributed by atoms with Crippen LogP contribution in [0.4, 0.5) is 5.69 Å². The molecule has 0 aliphatic carbocycles. The summed E-state index contributed by atoms with van der Waals surface area (Å²) in [6.07, 6.45) is 3.47. The van der Waals surface area contributed by atoms with E-state index < -0.39 is 0 Å². The lowest BCUT2D eigenvalue weighted by Crippen LogP contribution is -2.31. The maximum Gasteiger partial charge on any atom is 0.258 e. The number of benzene rings is 2. The molecule has 0 aliphatic rings. The zero-order valence-electron chi connectivity index (χ0n) is 15.6. The Bertz CT molecular complexity index is 963. The van der Waals surface area contributed by atoms with Gasteiger partial charge in [0.15, 0.2) is 0 Å². The van der Waals surface area contributed by atoms with Crippen LogP contribution in [0, 0.1) is 0 Å². The number of halogens is 1. The summed E-state index contributed by atoms with van der Waals surface area (Å²) in [6, 6.07) is 14.5. The Labute approximate surface area is 168 Å². The smallest absolute Gasteiger partial charge is 0.258 e. The predicted octanol–water partition coefficient (Wildman–Crippen LogP) is 3.85. The van der Waals surface area contributed by atoms with E-state index in [-0.39, 0.29) is 17.9 Å². The molecule has 28 heavy (non-hydrogen) atoms. The van der Waals surface area contributed by atoms with Gasteiger partial charge in [0.05, 0.1) is 23.9 Å². The normalized spacial score (nSPS) is 10.7. The zero-order valence-corrected chi connectivity index (χ0v) is 16.4. The van der Waals surface area contributed by atoms with Gasteiger partial charge in [-0.05, 0) is 55.8 Å². The Morgan fingerprint density at radius 2 is 1.75 bits per heavy atom. The number of nitrogens with one attached hydrogen (secondary N) is 2. The fourth-order valence-corrected chi connectivity index (χ4v) is 2.77. The van der Waals surface area contributed by atoms with Crippen LogP contribution >= 0.6 is 11.6 Å². The molecule has 1 heterocycles. The minimum absolute atomic E-state index is 0.0265. The molecule has 0 fully saturated rings. The highest BCUT2D eigenvalue weighted by Gasteiger charge is 2.11. The van der Waals surface area contributed by atoms with E-state index in [1.165, 1.54) is 6.20 Å². The molecular weight excluding hydrogens is 376 g/mol. The summed E-state index contributed by atoms with van der Waals surface area (Å²) in [7, 11) is 0. The minimum Gasteiger partial charge on any atom is -0.354 e. The maximum absolute atomic E-state index is 12.4. The number of aromatic nitrogens is 2. The molecule has 0 atom stereocenters. The van der Waals surface area contributed by atoms with E-state index in [0.29, 0.717) is 22.7 Å². The number of nitrogens with zero attached hydrogens (tertiary/aromatic N) is 2. The van der Waals surface area contributed by atoms with Gasteiger partial charge in [0.1, 0.15) is 0 Å². The van der Waals surface area contributed by atoms with E-state index in [4.69, 9.17) is 11.6 Å². The van der Waals surface area contributed by atoms with Crippen LogP contribution in [0.3, 0.4) is 0 Å². The molecule has 2 N–H and O–H groups in total. The Kier molecular flexibility index (Phi) is 6.11. The van der Waals surface area contributed by atoms with Gasteiger partial charge in [-0.1, -0.05) is 23.7 Å². The molecule has 0 unspecified atom stereocenters. The van der Waals surface area contributed by atoms with E-state index in [0.717, 1.165) is 11.3 Å². The molecule has 0 radical (unpaired) electrons. The number of rotatable bonds is 6. The number of hydrogen-bond donors (Lipinski definition) is 2. The average molecular weight is 397 g/mol. The van der Waals surface area contributed by atoms with Crippen LogP contribution in [-0.4, -0.2) is 27.6 Å². The Morgan fingerprint density at radius 1 is 1.07 bits per heavy atom. The highest BCUT2D eigenvalue weighted by molar-refractivity contribution is 6.30. The molecule has 0 spiro atoms. The van der Waals surface area contributed by atoms with E-state index >= 15 is 0 Å². The monoisotopic (exact) mass is 396 g/mol. The Morgan fingerprint density at radius 3 is 2.39 bits per heavy atom. The summed E-state index contributed by atoms with van der Waals surface area (Å²) in [6.45, 7) is 3.84. The van der Waals surface area contributed by atoms with Crippen molar-refractivity contribution in [2.24, 2.45) is 0 Å². The van der Waals surface area contributed by atoms with Gasteiger partial charge in [-0.15, -0.1) is 0 Å². The number of hydrogen-bond acceptors (Lipinski definition) is 3. The van der Waals surface area contributed by atoms with Crippen LogP contribution in [0.5, 0.6) is 0 Å². The quantitative estimate of drug-likeness (QED) is 0.664. The third kappa shape index (κ3) is 5.20. The van der Waals surface area contributed by atoms with Crippen molar-refractivity contribution in [1.29, 1.82) is 0 Å². The first-order valence-corrected chi connectivity index (χ1v) is 9.29. The van der Waals surface area contributed by atoms with Gasteiger partial charge < -0.3 is 10.6 Å². The van der Waals surface area contributed by atoms with Crippen molar-refractivity contribution in [3.8, 4) is 5.69 Å². The highest BCUT2D eigenvalue weighted by atomic mass is 35.5. The number of anilines is 1. The third-order valence-corrected chi connectivity index (χ3v) is 4.21. The second kappa shape index (κ2) is 8.71. The molecule has 7 heteroatoms. The predicted molar refractivity (Wildman–Crippen MR) is 110 cm³/mol. The van der Waals surface area contributed by atoms with Crippen molar-refractivity contribution in [2.75, 3.05) is 5.32 Å². The van der Waals surface area contributed by atoms with E-state index in [1.54, 1.807) is 35.1 Å². The van der Waals surface area contributed by atoms with Crippen molar-refractivity contribution < 1.29 is 9.59 Å². The molecule has 144 valence electrons. The van der Waals surface area contributed by atoms with Gasteiger partial charge in [0, 0.05) is 22.9 Å². The summed E-state index contributed by atoms with van der Waals surface area (Å²) in [4.78, 5) is 24.3. The van der Waals surface area contributed by atoms with Gasteiger partial charge in [0.25, 0.3) is 5.91 Å². The molecule has 6 nitrogen and oxygen atoms in total. The van der Waals surface area contributed by atoms with Gasteiger partial charge >= 0.3 is 0 Å². The lowest BCUT2D eigenvalue weighted by molar-refractivity contribution is -0.120. The van der Waals surface area contributed by atoms with E-state index in [2.05, 4.69) is 15.7 Å². The molecule has 2 aromatic carbocycles. The van der Waals surface area contributed by atoms with Gasteiger partial charge in [-0.25, -0.2) is 4.68 Å². The fraction of sp³-hybridized carbons (Fsp3) is 0.190. The number of amides is 2. The molecule has 3 aromatic rings. The van der Waals surface area contributed by atoms with Gasteiger partial charge in [0.2, 0.25) is 5.91 Å². The van der Waals surface area contributed by atoms with E-state index in [9.17, 15) is 9.59 Å². The molecule has 1 aromatic heterocycles. The molecule has 3 rings (SSSR count). The topological polar surface area (TPSA) is 76.0 Å². The van der Waals surface area contributed by atoms with Gasteiger partial charge in [-0.3, -0.25) is 9.59 Å². The standard InChI is InChI=1S/C21H21ClN4O2/c1-14(2)24-20(27)11-15-3-7-18(8-4-15)25-21(28)16-12-23-26(13-16)19-9-5-17(22)6-10-19/h3-10,12-14H,11H2,1-2H3,(H,24,27)(H,25,28). The lowest BCUT2D eigenvalue weighted by Gasteiger charge is -2.09. The van der Waals surface area contributed by atoms with Gasteiger partial charge in [-0.2, -0.15) is 5.10 Å². The number of carbonyl (C=O) groups is 2. The largest absolute Gasteiger partial charge is 0.354 e. The summed E-state index contributed by atoms with van der Waals surface area (Å²) < 4.78 is 1.61. The van der Waals surface area contributed by atoms with Crippen molar-refractivity contribution >= 4 is 29.1 Å². The van der Waals surface area contributed by atoms with Crippen LogP contribution in [0.2, 0.25) is 5.02 Å². The third-order valence-electron chi connectivity index (χ3n) is 3.96. The van der Waals surface area contributed by atoms with Crippen LogP contribution in [0.25, 0.3) is 5.69 Å². The summed E-state index contributed by atoms with van der Waals surface area (Å²) in [5.74, 6) is -0.285. The first kappa shape index (κ1) is 19.6. The van der Waals surface area contributed by atoms with Crippen molar-refractivity contribution in [3.63, 3.8) is 0 Å². The molecule has 0 aliphatic heterocycles. The molecule has 0 saturated carbocycles. The van der Waals surface area contributed by atoms with Crippen LogP contribution in [0.15, 0.2) is 60.9 Å². The molecule has 0 bridgehead atoms. The first-order chi connectivity index (χ1) is 13.4. The second-order valence-corrected chi connectivity index (χ2v) is 7.14. The Balaban J connectivity index is 1.62. The minimum atomic E-state index is -0.259. The van der Waals surface area contributed by atoms with Crippen LogP contribution in [-0.2, 0) is 11.2 Å². The van der Waals surface area contributed by atoms with E-state index in [1.807, 2.05) is 38.1 Å². The average Bonchev–Trinajstić information content (AvgIpc) is 3.13. The first-order valence-electron chi connectivity index (χ1n) is 8.91. The lowest BCUT2D eigenvalue weighted by atomic mass is 10.1. The van der Waals surface area contributed by atoms with Crippen molar-refractivity contribution in [3.05, 3.63) is 77.1 Å². The van der Waals surface area contributed by atoms with Crippen LogP contribution < -0.4 is 10.6 Å². The SMILES string of the molecule is CC(C)NC(=O)Cc1ccc(NC(=O)c2cnn(-c3ccc(Cl)cc3)c2)cc1. The maximum atomic E-state index is 12.4. The zero-order chi connectivity index (χ0) is 20.1. The fourth-order valence-electron chi connectivity index (χ4n) is 2.64. The van der Waals surface area contributed by atoms with Crippen molar-refractivity contribution in [1.82, 2.24) is 15.1 Å². The molecule has 2 amide bonds. The second-order valence-electron chi connectivity index (χ2n) is 6.70. The molecular formula is C21H21ClN4O2.